The van der Waals surface area contributed by atoms with Crippen LogP contribution < -0.4 is 0 Å². The molecule has 0 heterocycles. The van der Waals surface area contributed by atoms with Crippen LogP contribution in [0.5, 0.6) is 0 Å². The van der Waals surface area contributed by atoms with Crippen LogP contribution in [0.25, 0.3) is 6.08 Å². The maximum absolute atomic E-state index is 3.69. The minimum absolute atomic E-state index is 1.22. The van der Waals surface area contributed by atoms with Gasteiger partial charge in [0.1, 0.15) is 0 Å². The van der Waals surface area contributed by atoms with Crippen molar-refractivity contribution in [3.8, 4) is 0 Å². The molecule has 1 aromatic carbocycles. The first-order valence-corrected chi connectivity index (χ1v) is 4.02. The average Bonchev–Trinajstić information content (AvgIpc) is 2.09. The third-order valence-electron chi connectivity index (χ3n) is 1.41. The lowest BCUT2D eigenvalue weighted by Gasteiger charge is -1.95. The summed E-state index contributed by atoms with van der Waals surface area (Å²) in [6, 6.07) is 8.19. The molecular weight excluding hydrogens is 132 g/mol. The van der Waals surface area contributed by atoms with E-state index in [1.54, 1.807) is 0 Å². The van der Waals surface area contributed by atoms with Crippen LogP contribution in [0, 0.1) is 6.92 Å². The van der Waals surface area contributed by atoms with Gasteiger partial charge in [0.25, 0.3) is 0 Å². The quantitative estimate of drug-likeness (QED) is 0.570. The van der Waals surface area contributed by atoms with Gasteiger partial charge in [0, 0.05) is 0 Å². The highest BCUT2D eigenvalue weighted by Crippen LogP contribution is 2.06. The van der Waals surface area contributed by atoms with Crippen molar-refractivity contribution in [1.82, 2.24) is 0 Å². The second-order valence-corrected chi connectivity index (χ2v) is 2.06. The first-order chi connectivity index (χ1) is 5.34. The largest absolute Gasteiger partial charge is 0.0985 e. The normalized spacial score (nSPS) is 7.91. The van der Waals surface area contributed by atoms with Gasteiger partial charge in [-0.3, -0.25) is 0 Å². The third-order valence-corrected chi connectivity index (χ3v) is 1.41. The summed E-state index contributed by atoms with van der Waals surface area (Å²) < 4.78 is 0. The first-order valence-electron chi connectivity index (χ1n) is 4.02. The van der Waals surface area contributed by atoms with E-state index in [1.807, 2.05) is 32.1 Å². The molecule has 0 spiro atoms. The molecule has 11 heavy (non-hydrogen) atoms. The number of rotatable bonds is 1. The van der Waals surface area contributed by atoms with Crippen LogP contribution >= 0.6 is 0 Å². The Morgan fingerprint density at radius 2 is 1.73 bits per heavy atom. The molecule has 0 saturated carbocycles. The van der Waals surface area contributed by atoms with Gasteiger partial charge in [-0.25, -0.2) is 0 Å². The van der Waals surface area contributed by atoms with E-state index in [4.69, 9.17) is 0 Å². The van der Waals surface area contributed by atoms with Gasteiger partial charge in [0.15, 0.2) is 0 Å². The molecule has 0 aliphatic carbocycles. The molecule has 0 heteroatoms. The fourth-order valence-electron chi connectivity index (χ4n) is 0.816. The van der Waals surface area contributed by atoms with Crippen LogP contribution in [0.2, 0.25) is 0 Å². The second-order valence-electron chi connectivity index (χ2n) is 2.06. The van der Waals surface area contributed by atoms with Crippen LogP contribution in [0.3, 0.4) is 0 Å². The Hall–Kier alpha value is -1.04. The van der Waals surface area contributed by atoms with E-state index in [0.717, 1.165) is 0 Å². The van der Waals surface area contributed by atoms with Gasteiger partial charge in [-0.15, -0.1) is 0 Å². The SMILES string of the molecule is C=Cc1ccccc1C.CC. The molecule has 0 radical (unpaired) electrons. The summed E-state index contributed by atoms with van der Waals surface area (Å²) in [6.45, 7) is 9.77. The van der Waals surface area contributed by atoms with Crippen molar-refractivity contribution in [2.75, 3.05) is 0 Å². The molecule has 0 aromatic heterocycles. The highest BCUT2D eigenvalue weighted by Gasteiger charge is 1.86. The number of benzene rings is 1. The van der Waals surface area contributed by atoms with Crippen molar-refractivity contribution in [2.24, 2.45) is 0 Å². The van der Waals surface area contributed by atoms with Crippen molar-refractivity contribution >= 4 is 6.08 Å². The van der Waals surface area contributed by atoms with Crippen LogP contribution in [0.4, 0.5) is 0 Å². The molecule has 0 aliphatic rings. The van der Waals surface area contributed by atoms with E-state index in [0.29, 0.717) is 0 Å². The highest BCUT2D eigenvalue weighted by molar-refractivity contribution is 5.50. The molecule has 0 N–H and O–H groups in total. The van der Waals surface area contributed by atoms with Crippen molar-refractivity contribution < 1.29 is 0 Å². The summed E-state index contributed by atoms with van der Waals surface area (Å²) in [5, 5.41) is 0. The Bertz CT molecular complexity index is 211. The summed E-state index contributed by atoms with van der Waals surface area (Å²) in [7, 11) is 0. The molecule has 0 unspecified atom stereocenters. The van der Waals surface area contributed by atoms with E-state index in [2.05, 4.69) is 25.6 Å². The van der Waals surface area contributed by atoms with Gasteiger partial charge in [0.2, 0.25) is 0 Å². The molecule has 1 aromatic rings. The van der Waals surface area contributed by atoms with E-state index in [9.17, 15) is 0 Å². The molecule has 60 valence electrons. The first kappa shape index (κ1) is 9.96. The number of hydrogen-bond donors (Lipinski definition) is 0. The monoisotopic (exact) mass is 148 g/mol. The summed E-state index contributed by atoms with van der Waals surface area (Å²) in [5.74, 6) is 0. The smallest absolute Gasteiger partial charge is 0.0233 e. The standard InChI is InChI=1S/C9H10.C2H6/c1-3-9-7-5-4-6-8(9)2;1-2/h3-7H,1H2,2H3;1-2H3. The topological polar surface area (TPSA) is 0 Å². The lowest BCUT2D eigenvalue weighted by Crippen LogP contribution is -1.75. The second kappa shape index (κ2) is 5.72. The predicted octanol–water partition coefficient (Wildman–Crippen LogP) is 3.66. The van der Waals surface area contributed by atoms with E-state index >= 15 is 0 Å². The van der Waals surface area contributed by atoms with Crippen molar-refractivity contribution in [3.63, 3.8) is 0 Å². The molecular formula is C11H16. The van der Waals surface area contributed by atoms with Crippen LogP contribution in [0.1, 0.15) is 25.0 Å². The molecule has 0 bridgehead atoms. The number of aryl methyl sites for hydroxylation is 1. The molecule has 0 amide bonds. The van der Waals surface area contributed by atoms with Gasteiger partial charge in [-0.2, -0.15) is 0 Å². The molecule has 0 nitrogen and oxygen atoms in total. The summed E-state index contributed by atoms with van der Waals surface area (Å²) in [5.41, 5.74) is 2.50. The average molecular weight is 148 g/mol. The fourth-order valence-corrected chi connectivity index (χ4v) is 0.816. The highest BCUT2D eigenvalue weighted by atomic mass is 13.9. The van der Waals surface area contributed by atoms with Crippen molar-refractivity contribution in [3.05, 3.63) is 42.0 Å². The molecule has 1 rings (SSSR count). The predicted molar refractivity (Wildman–Crippen MR) is 52.6 cm³/mol. The zero-order valence-corrected chi connectivity index (χ0v) is 7.59. The summed E-state index contributed by atoms with van der Waals surface area (Å²) >= 11 is 0. The summed E-state index contributed by atoms with van der Waals surface area (Å²) in [6.07, 6.45) is 1.87. The fraction of sp³-hybridized carbons (Fsp3) is 0.273. The molecule has 0 fully saturated rings. The van der Waals surface area contributed by atoms with Gasteiger partial charge in [0.05, 0.1) is 0 Å². The zero-order valence-electron chi connectivity index (χ0n) is 7.59. The lowest BCUT2D eigenvalue weighted by molar-refractivity contribution is 1.45. The zero-order chi connectivity index (χ0) is 8.69. The lowest BCUT2D eigenvalue weighted by atomic mass is 10.1. The summed E-state index contributed by atoms with van der Waals surface area (Å²) in [4.78, 5) is 0. The minimum Gasteiger partial charge on any atom is -0.0985 e. The Kier molecular flexibility index (Phi) is 5.18. The Morgan fingerprint density at radius 3 is 2.09 bits per heavy atom. The van der Waals surface area contributed by atoms with Crippen LogP contribution in [0.15, 0.2) is 30.8 Å². The number of hydrogen-bond acceptors (Lipinski definition) is 0. The third kappa shape index (κ3) is 3.03. The van der Waals surface area contributed by atoms with Gasteiger partial charge in [-0.05, 0) is 18.1 Å². The molecule has 0 atom stereocenters. The van der Waals surface area contributed by atoms with Crippen molar-refractivity contribution in [2.45, 2.75) is 20.8 Å². The van der Waals surface area contributed by atoms with E-state index < -0.39 is 0 Å². The molecule has 0 aliphatic heterocycles. The maximum atomic E-state index is 3.69. The Morgan fingerprint density at radius 1 is 1.18 bits per heavy atom. The Balaban J connectivity index is 0.000000461. The molecule has 0 saturated heterocycles. The Labute approximate surface area is 69.6 Å². The van der Waals surface area contributed by atoms with Gasteiger partial charge >= 0.3 is 0 Å². The van der Waals surface area contributed by atoms with E-state index in [-0.39, 0.29) is 0 Å². The van der Waals surface area contributed by atoms with Crippen LogP contribution in [-0.2, 0) is 0 Å². The van der Waals surface area contributed by atoms with Crippen molar-refractivity contribution in [1.29, 1.82) is 0 Å². The van der Waals surface area contributed by atoms with Crippen LogP contribution in [-0.4, -0.2) is 0 Å². The maximum Gasteiger partial charge on any atom is -0.0233 e. The van der Waals surface area contributed by atoms with Gasteiger partial charge < -0.3 is 0 Å². The van der Waals surface area contributed by atoms with Gasteiger partial charge in [-0.1, -0.05) is 50.8 Å². The minimum atomic E-state index is 1.22. The van der Waals surface area contributed by atoms with E-state index in [1.165, 1.54) is 11.1 Å².